The number of aromatic nitrogens is 1. The monoisotopic (exact) mass is 268 g/mol. The van der Waals surface area contributed by atoms with Gasteiger partial charge in [-0.15, -0.1) is 0 Å². The highest BCUT2D eigenvalue weighted by molar-refractivity contribution is 14.1. The van der Waals surface area contributed by atoms with Crippen molar-refractivity contribution >= 4 is 40.0 Å². The fourth-order valence-electron chi connectivity index (χ4n) is 0.594. The van der Waals surface area contributed by atoms with E-state index in [0.29, 0.717) is 0 Å². The SMILES string of the molecule is CNc1nccc(Cl)c1I. The lowest BCUT2D eigenvalue weighted by atomic mass is 10.5. The molecule has 1 aromatic rings. The van der Waals surface area contributed by atoms with Gasteiger partial charge in [0.05, 0.1) is 8.59 Å². The first-order valence-electron chi connectivity index (χ1n) is 2.73. The summed E-state index contributed by atoms with van der Waals surface area (Å²) in [5.74, 6) is 0.827. The molecule has 0 aliphatic rings. The molecule has 1 rings (SSSR count). The number of pyridine rings is 1. The van der Waals surface area contributed by atoms with Crippen LogP contribution in [0.5, 0.6) is 0 Å². The van der Waals surface area contributed by atoms with Crippen LogP contribution in [0.1, 0.15) is 0 Å². The molecule has 0 amide bonds. The average Bonchev–Trinajstić information content (AvgIpc) is 1.95. The van der Waals surface area contributed by atoms with Crippen LogP contribution in [0.3, 0.4) is 0 Å². The molecule has 1 heterocycles. The Labute approximate surface area is 78.1 Å². The van der Waals surface area contributed by atoms with E-state index in [4.69, 9.17) is 11.6 Å². The average molecular weight is 268 g/mol. The summed E-state index contributed by atoms with van der Waals surface area (Å²) in [5.41, 5.74) is 0. The third-order valence-corrected chi connectivity index (χ3v) is 2.80. The number of anilines is 1. The lowest BCUT2D eigenvalue weighted by Crippen LogP contribution is -1.94. The number of rotatable bonds is 1. The molecule has 54 valence electrons. The molecule has 2 nitrogen and oxygen atoms in total. The maximum Gasteiger partial charge on any atom is 0.140 e. The van der Waals surface area contributed by atoms with E-state index in [1.807, 2.05) is 7.05 Å². The summed E-state index contributed by atoms with van der Waals surface area (Å²) < 4.78 is 0.962. The van der Waals surface area contributed by atoms with Gasteiger partial charge in [0.15, 0.2) is 0 Å². The van der Waals surface area contributed by atoms with Gasteiger partial charge >= 0.3 is 0 Å². The molecular weight excluding hydrogens is 262 g/mol. The molecule has 0 aliphatic carbocycles. The Morgan fingerprint density at radius 2 is 2.40 bits per heavy atom. The Morgan fingerprint density at radius 3 is 2.90 bits per heavy atom. The number of halogens is 2. The first-order valence-corrected chi connectivity index (χ1v) is 4.19. The van der Waals surface area contributed by atoms with Gasteiger partial charge in [-0.3, -0.25) is 0 Å². The second kappa shape index (κ2) is 3.39. The standard InChI is InChI=1S/C6H6ClIN2/c1-9-6-5(8)4(7)2-3-10-6/h2-3H,1H3,(H,9,10). The molecule has 0 radical (unpaired) electrons. The van der Waals surface area contributed by atoms with Gasteiger partial charge < -0.3 is 5.32 Å². The molecule has 10 heavy (non-hydrogen) atoms. The summed E-state index contributed by atoms with van der Waals surface area (Å²) >= 11 is 7.95. The van der Waals surface area contributed by atoms with Crippen LogP contribution in [0.25, 0.3) is 0 Å². The van der Waals surface area contributed by atoms with Gasteiger partial charge in [0, 0.05) is 13.2 Å². The smallest absolute Gasteiger partial charge is 0.140 e. The van der Waals surface area contributed by atoms with Gasteiger partial charge in [-0.25, -0.2) is 4.98 Å². The third-order valence-electron chi connectivity index (χ3n) is 1.08. The van der Waals surface area contributed by atoms with Gasteiger partial charge in [0.25, 0.3) is 0 Å². The predicted molar refractivity (Wildman–Crippen MR) is 51.5 cm³/mol. The van der Waals surface area contributed by atoms with E-state index in [2.05, 4.69) is 32.9 Å². The summed E-state index contributed by atoms with van der Waals surface area (Å²) in [5, 5.41) is 3.67. The van der Waals surface area contributed by atoms with Crippen molar-refractivity contribution in [3.8, 4) is 0 Å². The second-order valence-corrected chi connectivity index (χ2v) is 3.19. The molecule has 0 saturated carbocycles. The van der Waals surface area contributed by atoms with E-state index in [9.17, 15) is 0 Å². The van der Waals surface area contributed by atoms with Crippen molar-refractivity contribution in [2.45, 2.75) is 0 Å². The summed E-state index contributed by atoms with van der Waals surface area (Å²) in [6, 6.07) is 1.77. The highest BCUT2D eigenvalue weighted by atomic mass is 127. The van der Waals surface area contributed by atoms with Crippen LogP contribution in [0.4, 0.5) is 5.82 Å². The molecular formula is C6H6ClIN2. The third kappa shape index (κ3) is 1.52. The highest BCUT2D eigenvalue weighted by Gasteiger charge is 2.00. The Hall–Kier alpha value is -0.0300. The molecule has 1 N–H and O–H groups in total. The molecule has 0 aliphatic heterocycles. The van der Waals surface area contributed by atoms with Gasteiger partial charge in [-0.1, -0.05) is 11.6 Å². The van der Waals surface area contributed by atoms with Gasteiger partial charge in [-0.2, -0.15) is 0 Å². The Bertz CT molecular complexity index is 239. The maximum absolute atomic E-state index is 5.81. The maximum atomic E-state index is 5.81. The Morgan fingerprint density at radius 1 is 1.70 bits per heavy atom. The summed E-state index contributed by atoms with van der Waals surface area (Å²) in [4.78, 5) is 4.05. The molecule has 0 fully saturated rings. The van der Waals surface area contributed by atoms with E-state index >= 15 is 0 Å². The topological polar surface area (TPSA) is 24.9 Å². The molecule has 0 spiro atoms. The van der Waals surface area contributed by atoms with Crippen molar-refractivity contribution in [2.75, 3.05) is 12.4 Å². The van der Waals surface area contributed by atoms with Gasteiger partial charge in [-0.05, 0) is 28.7 Å². The van der Waals surface area contributed by atoms with Crippen LogP contribution in [0, 0.1) is 3.57 Å². The fourth-order valence-corrected chi connectivity index (χ4v) is 1.33. The van der Waals surface area contributed by atoms with Crippen LogP contribution in [0.15, 0.2) is 12.3 Å². The molecule has 0 atom stereocenters. The molecule has 1 aromatic heterocycles. The molecule has 0 bridgehead atoms. The minimum Gasteiger partial charge on any atom is -0.372 e. The van der Waals surface area contributed by atoms with Crippen molar-refractivity contribution in [1.82, 2.24) is 4.98 Å². The van der Waals surface area contributed by atoms with Crippen LogP contribution < -0.4 is 5.32 Å². The Kier molecular flexibility index (Phi) is 2.73. The zero-order valence-corrected chi connectivity index (χ0v) is 8.27. The molecule has 0 unspecified atom stereocenters. The van der Waals surface area contributed by atoms with E-state index in [0.717, 1.165) is 14.4 Å². The fraction of sp³-hybridized carbons (Fsp3) is 0.167. The number of nitrogens with one attached hydrogen (secondary N) is 1. The lowest BCUT2D eigenvalue weighted by molar-refractivity contribution is 1.27. The van der Waals surface area contributed by atoms with E-state index in [1.165, 1.54) is 0 Å². The molecule has 0 saturated heterocycles. The van der Waals surface area contributed by atoms with Gasteiger partial charge in [0.1, 0.15) is 5.82 Å². The van der Waals surface area contributed by atoms with E-state index in [-0.39, 0.29) is 0 Å². The molecule has 4 heteroatoms. The van der Waals surface area contributed by atoms with Crippen LogP contribution in [-0.2, 0) is 0 Å². The van der Waals surface area contributed by atoms with Crippen molar-refractivity contribution in [1.29, 1.82) is 0 Å². The minimum atomic E-state index is 0.736. The van der Waals surface area contributed by atoms with E-state index < -0.39 is 0 Å². The first kappa shape index (κ1) is 8.07. The van der Waals surface area contributed by atoms with Crippen molar-refractivity contribution in [3.63, 3.8) is 0 Å². The van der Waals surface area contributed by atoms with E-state index in [1.54, 1.807) is 12.3 Å². The summed E-state index contributed by atoms with van der Waals surface area (Å²) in [6.07, 6.45) is 1.68. The quantitative estimate of drug-likeness (QED) is 0.791. The van der Waals surface area contributed by atoms with Crippen molar-refractivity contribution < 1.29 is 0 Å². The number of hydrogen-bond acceptors (Lipinski definition) is 2. The van der Waals surface area contributed by atoms with Crippen LogP contribution in [-0.4, -0.2) is 12.0 Å². The van der Waals surface area contributed by atoms with Crippen LogP contribution in [0.2, 0.25) is 5.02 Å². The Balaban J connectivity index is 3.14. The van der Waals surface area contributed by atoms with Crippen molar-refractivity contribution in [2.24, 2.45) is 0 Å². The van der Waals surface area contributed by atoms with Crippen LogP contribution >= 0.6 is 34.2 Å². The van der Waals surface area contributed by atoms with Gasteiger partial charge in [0.2, 0.25) is 0 Å². The largest absolute Gasteiger partial charge is 0.372 e. The number of hydrogen-bond donors (Lipinski definition) is 1. The molecule has 0 aromatic carbocycles. The summed E-state index contributed by atoms with van der Waals surface area (Å²) in [6.45, 7) is 0. The predicted octanol–water partition coefficient (Wildman–Crippen LogP) is 2.38. The second-order valence-electron chi connectivity index (χ2n) is 1.71. The number of nitrogens with zero attached hydrogens (tertiary/aromatic N) is 1. The zero-order chi connectivity index (χ0) is 7.56. The zero-order valence-electron chi connectivity index (χ0n) is 5.36. The van der Waals surface area contributed by atoms with Crippen molar-refractivity contribution in [3.05, 3.63) is 20.9 Å². The highest BCUT2D eigenvalue weighted by Crippen LogP contribution is 2.22. The lowest BCUT2D eigenvalue weighted by Gasteiger charge is -2.01. The first-order chi connectivity index (χ1) is 4.75. The summed E-state index contributed by atoms with van der Waals surface area (Å²) in [7, 11) is 1.82. The minimum absolute atomic E-state index is 0.736. The normalized spacial score (nSPS) is 9.50.